The first-order valence-corrected chi connectivity index (χ1v) is 12.7. The van der Waals surface area contributed by atoms with Crippen molar-refractivity contribution >= 4 is 32.6 Å². The average Bonchev–Trinajstić information content (AvgIpc) is 3.29. The van der Waals surface area contributed by atoms with Gasteiger partial charge in [-0.3, -0.25) is 9.69 Å². The number of hydrogen-bond acceptors (Lipinski definition) is 5. The molecule has 0 spiro atoms. The zero-order valence-electron chi connectivity index (χ0n) is 19.5. The van der Waals surface area contributed by atoms with Crippen molar-refractivity contribution < 1.29 is 4.79 Å². The SMILES string of the molecule is Cc1ccc2nc(N3CCN(CCNC(=O)C(c4ccccc4)c4ccccc4)CC3)sc2c1. The van der Waals surface area contributed by atoms with Crippen LogP contribution in [0.5, 0.6) is 0 Å². The van der Waals surface area contributed by atoms with E-state index in [0.717, 1.165) is 54.5 Å². The summed E-state index contributed by atoms with van der Waals surface area (Å²) in [4.78, 5) is 22.8. The van der Waals surface area contributed by atoms with E-state index in [2.05, 4.69) is 40.2 Å². The highest BCUT2D eigenvalue weighted by Crippen LogP contribution is 2.30. The third-order valence-corrected chi connectivity index (χ3v) is 7.51. The Morgan fingerprint density at radius 3 is 2.24 bits per heavy atom. The first kappa shape index (κ1) is 22.6. The molecule has 1 saturated heterocycles. The van der Waals surface area contributed by atoms with Crippen molar-refractivity contribution in [2.24, 2.45) is 0 Å². The maximum atomic E-state index is 13.2. The van der Waals surface area contributed by atoms with Crippen LogP contribution >= 0.6 is 11.3 Å². The molecule has 5 nitrogen and oxygen atoms in total. The number of carbonyl (C=O) groups excluding carboxylic acids is 1. The van der Waals surface area contributed by atoms with Crippen LogP contribution in [-0.2, 0) is 4.79 Å². The Bertz CT molecular complexity index is 1190. The number of rotatable bonds is 7. The number of thiazole rings is 1. The van der Waals surface area contributed by atoms with E-state index in [0.29, 0.717) is 6.54 Å². The minimum absolute atomic E-state index is 0.0563. The number of piperazine rings is 1. The summed E-state index contributed by atoms with van der Waals surface area (Å²) >= 11 is 1.78. The molecular weight excluding hydrogens is 440 g/mol. The molecule has 1 N–H and O–H groups in total. The molecule has 4 aromatic rings. The quantitative estimate of drug-likeness (QED) is 0.426. The van der Waals surface area contributed by atoms with E-state index < -0.39 is 0 Å². The molecule has 2 heterocycles. The second kappa shape index (κ2) is 10.4. The number of anilines is 1. The molecule has 0 saturated carbocycles. The van der Waals surface area contributed by atoms with Crippen molar-refractivity contribution in [1.29, 1.82) is 0 Å². The normalized spacial score (nSPS) is 14.6. The van der Waals surface area contributed by atoms with Gasteiger partial charge < -0.3 is 10.2 Å². The van der Waals surface area contributed by atoms with Crippen LogP contribution in [0.4, 0.5) is 5.13 Å². The molecule has 1 fully saturated rings. The summed E-state index contributed by atoms with van der Waals surface area (Å²) in [5, 5.41) is 4.30. The fraction of sp³-hybridized carbons (Fsp3) is 0.286. The summed E-state index contributed by atoms with van der Waals surface area (Å²) in [5.41, 5.74) is 4.40. The molecule has 5 rings (SSSR count). The fourth-order valence-electron chi connectivity index (χ4n) is 4.54. The lowest BCUT2D eigenvalue weighted by atomic mass is 9.90. The van der Waals surface area contributed by atoms with Gasteiger partial charge in [0, 0.05) is 39.3 Å². The molecule has 1 amide bonds. The Hall–Kier alpha value is -3.22. The minimum atomic E-state index is -0.290. The van der Waals surface area contributed by atoms with E-state index >= 15 is 0 Å². The number of benzene rings is 3. The maximum Gasteiger partial charge on any atom is 0.232 e. The van der Waals surface area contributed by atoms with Crippen LogP contribution in [0.1, 0.15) is 22.6 Å². The lowest BCUT2D eigenvalue weighted by Gasteiger charge is -2.34. The lowest BCUT2D eigenvalue weighted by Crippen LogP contribution is -2.48. The molecule has 3 aromatic carbocycles. The molecule has 1 aliphatic rings. The highest BCUT2D eigenvalue weighted by atomic mass is 32.1. The third kappa shape index (κ3) is 5.13. The van der Waals surface area contributed by atoms with E-state index in [1.54, 1.807) is 11.3 Å². The Morgan fingerprint density at radius 2 is 1.59 bits per heavy atom. The molecule has 34 heavy (non-hydrogen) atoms. The highest BCUT2D eigenvalue weighted by Gasteiger charge is 2.23. The summed E-state index contributed by atoms with van der Waals surface area (Å²) in [6.07, 6.45) is 0. The molecule has 0 aliphatic carbocycles. The molecular formula is C28H30N4OS. The van der Waals surface area contributed by atoms with Crippen LogP contribution in [0.3, 0.4) is 0 Å². The van der Waals surface area contributed by atoms with Crippen LogP contribution in [0.2, 0.25) is 0 Å². The third-order valence-electron chi connectivity index (χ3n) is 6.43. The van der Waals surface area contributed by atoms with Gasteiger partial charge in [-0.05, 0) is 35.7 Å². The van der Waals surface area contributed by atoms with Crippen molar-refractivity contribution in [1.82, 2.24) is 15.2 Å². The van der Waals surface area contributed by atoms with Crippen molar-refractivity contribution in [2.75, 3.05) is 44.2 Å². The van der Waals surface area contributed by atoms with Crippen molar-refractivity contribution in [2.45, 2.75) is 12.8 Å². The van der Waals surface area contributed by atoms with Gasteiger partial charge in [0.25, 0.3) is 0 Å². The van der Waals surface area contributed by atoms with Gasteiger partial charge in [-0.25, -0.2) is 4.98 Å². The molecule has 174 valence electrons. The van der Waals surface area contributed by atoms with Crippen LogP contribution in [0, 0.1) is 6.92 Å². The van der Waals surface area contributed by atoms with E-state index in [1.807, 2.05) is 60.7 Å². The number of aromatic nitrogens is 1. The number of aryl methyl sites for hydroxylation is 1. The maximum absolute atomic E-state index is 13.2. The molecule has 6 heteroatoms. The Morgan fingerprint density at radius 1 is 0.941 bits per heavy atom. The largest absolute Gasteiger partial charge is 0.354 e. The first-order valence-electron chi connectivity index (χ1n) is 11.9. The van der Waals surface area contributed by atoms with E-state index in [9.17, 15) is 4.79 Å². The zero-order chi connectivity index (χ0) is 23.3. The topological polar surface area (TPSA) is 48.5 Å². The van der Waals surface area contributed by atoms with Crippen molar-refractivity contribution in [3.63, 3.8) is 0 Å². The Labute approximate surface area is 205 Å². The summed E-state index contributed by atoms with van der Waals surface area (Å²) in [6, 6.07) is 26.5. The fourth-order valence-corrected chi connectivity index (χ4v) is 5.66. The number of nitrogens with zero attached hydrogens (tertiary/aromatic N) is 3. The number of nitrogens with one attached hydrogen (secondary N) is 1. The zero-order valence-corrected chi connectivity index (χ0v) is 20.3. The number of amides is 1. The minimum Gasteiger partial charge on any atom is -0.354 e. The van der Waals surface area contributed by atoms with Gasteiger partial charge >= 0.3 is 0 Å². The first-order chi connectivity index (χ1) is 16.7. The van der Waals surface area contributed by atoms with Gasteiger partial charge in [-0.2, -0.15) is 0 Å². The van der Waals surface area contributed by atoms with Gasteiger partial charge in [0.15, 0.2) is 5.13 Å². The summed E-state index contributed by atoms with van der Waals surface area (Å²) in [7, 11) is 0. The van der Waals surface area contributed by atoms with E-state index in [-0.39, 0.29) is 11.8 Å². The molecule has 0 bridgehead atoms. The summed E-state index contributed by atoms with van der Waals surface area (Å²) < 4.78 is 1.26. The second-order valence-corrected chi connectivity index (χ2v) is 9.85. The molecule has 0 unspecified atom stereocenters. The Balaban J connectivity index is 1.15. The van der Waals surface area contributed by atoms with Crippen LogP contribution < -0.4 is 10.2 Å². The summed E-state index contributed by atoms with van der Waals surface area (Å²) in [5.74, 6) is -0.234. The van der Waals surface area contributed by atoms with Crippen molar-refractivity contribution in [3.8, 4) is 0 Å². The number of carbonyl (C=O) groups is 1. The molecule has 0 radical (unpaired) electrons. The number of hydrogen-bond donors (Lipinski definition) is 1. The van der Waals surface area contributed by atoms with E-state index in [4.69, 9.17) is 4.98 Å². The average molecular weight is 471 g/mol. The van der Waals surface area contributed by atoms with Gasteiger partial charge in [-0.15, -0.1) is 0 Å². The van der Waals surface area contributed by atoms with Crippen LogP contribution in [-0.4, -0.2) is 55.1 Å². The highest BCUT2D eigenvalue weighted by molar-refractivity contribution is 7.22. The van der Waals surface area contributed by atoms with Gasteiger partial charge in [0.05, 0.1) is 16.1 Å². The van der Waals surface area contributed by atoms with Crippen molar-refractivity contribution in [3.05, 3.63) is 95.6 Å². The van der Waals surface area contributed by atoms with Crippen LogP contribution in [0.25, 0.3) is 10.2 Å². The second-order valence-electron chi connectivity index (χ2n) is 8.84. The monoisotopic (exact) mass is 470 g/mol. The molecule has 0 atom stereocenters. The van der Waals surface area contributed by atoms with E-state index in [1.165, 1.54) is 10.3 Å². The summed E-state index contributed by atoms with van der Waals surface area (Å²) in [6.45, 7) is 7.51. The molecule has 1 aliphatic heterocycles. The Kier molecular flexibility index (Phi) is 6.88. The van der Waals surface area contributed by atoms with Gasteiger partial charge in [0.2, 0.25) is 5.91 Å². The molecule has 1 aromatic heterocycles. The number of fused-ring (bicyclic) bond motifs is 1. The lowest BCUT2D eigenvalue weighted by molar-refractivity contribution is -0.121. The predicted molar refractivity (Wildman–Crippen MR) is 141 cm³/mol. The standard InChI is InChI=1S/C28H30N4OS/c1-21-12-13-24-25(20-21)34-28(30-24)32-18-16-31(17-19-32)15-14-29-27(33)26(22-8-4-2-5-9-22)23-10-6-3-7-11-23/h2-13,20,26H,14-19H2,1H3,(H,29,33). The van der Waals surface area contributed by atoms with Crippen LogP contribution in [0.15, 0.2) is 78.9 Å². The smallest absolute Gasteiger partial charge is 0.232 e. The van der Waals surface area contributed by atoms with Gasteiger partial charge in [0.1, 0.15) is 0 Å². The predicted octanol–water partition coefficient (Wildman–Crippen LogP) is 4.68. The van der Waals surface area contributed by atoms with Gasteiger partial charge in [-0.1, -0.05) is 78.1 Å².